The highest BCUT2D eigenvalue weighted by Crippen LogP contribution is 2.36. The third-order valence-corrected chi connectivity index (χ3v) is 5.32. The van der Waals surface area contributed by atoms with Crippen LogP contribution in [0.5, 0.6) is 5.75 Å². The maximum atomic E-state index is 5.96. The summed E-state index contributed by atoms with van der Waals surface area (Å²) in [6, 6.07) is 6.55. The quantitative estimate of drug-likeness (QED) is 0.503. The van der Waals surface area contributed by atoms with Crippen molar-refractivity contribution >= 4 is 5.69 Å². The highest BCUT2D eigenvalue weighted by molar-refractivity contribution is 5.60. The van der Waals surface area contributed by atoms with Crippen molar-refractivity contribution in [3.63, 3.8) is 0 Å². The fraction of sp³-hybridized carbons (Fsp3) is 0.591. The van der Waals surface area contributed by atoms with Crippen molar-refractivity contribution in [2.45, 2.75) is 70.8 Å². The summed E-state index contributed by atoms with van der Waals surface area (Å²) in [7, 11) is 0. The number of hydrogen-bond donors (Lipinski definition) is 1. The minimum absolute atomic E-state index is 0.574. The van der Waals surface area contributed by atoms with E-state index in [0.29, 0.717) is 5.92 Å². The Bertz CT molecular complexity index is 639. The molecular formula is C22H33N3O. The lowest BCUT2D eigenvalue weighted by Crippen LogP contribution is -2.06. The maximum absolute atomic E-state index is 5.96. The number of fused-ring (bicyclic) bond motifs is 1. The molecule has 0 spiro atoms. The monoisotopic (exact) mass is 355 g/mol. The first-order chi connectivity index (χ1) is 12.9. The molecule has 1 atom stereocenters. The maximum Gasteiger partial charge on any atom is 0.121 e. The van der Waals surface area contributed by atoms with Crippen LogP contribution in [0, 0.1) is 0 Å². The molecule has 0 saturated carbocycles. The number of aryl methyl sites for hydroxylation is 1. The van der Waals surface area contributed by atoms with E-state index in [4.69, 9.17) is 4.74 Å². The predicted molar refractivity (Wildman–Crippen MR) is 108 cm³/mol. The Morgan fingerprint density at radius 1 is 1.15 bits per heavy atom. The Morgan fingerprint density at radius 3 is 2.81 bits per heavy atom. The number of nitrogens with zero attached hydrogens (tertiary/aromatic N) is 2. The van der Waals surface area contributed by atoms with E-state index in [0.717, 1.165) is 38.3 Å². The number of nitrogens with one attached hydrogen (secondary N) is 1. The van der Waals surface area contributed by atoms with E-state index in [-0.39, 0.29) is 0 Å². The number of anilines is 1. The second-order valence-electron chi connectivity index (χ2n) is 7.39. The molecule has 26 heavy (non-hydrogen) atoms. The van der Waals surface area contributed by atoms with E-state index < -0.39 is 0 Å². The smallest absolute Gasteiger partial charge is 0.121 e. The Labute approximate surface area is 158 Å². The molecule has 2 heterocycles. The van der Waals surface area contributed by atoms with E-state index in [9.17, 15) is 0 Å². The first kappa shape index (κ1) is 18.8. The summed E-state index contributed by atoms with van der Waals surface area (Å²) < 4.78 is 8.11. The summed E-state index contributed by atoms with van der Waals surface area (Å²) in [5, 5.41) is 3.55. The number of hydrogen-bond acceptors (Lipinski definition) is 3. The molecule has 0 aliphatic carbocycles. The van der Waals surface area contributed by atoms with Crippen LogP contribution in [0.1, 0.15) is 69.8 Å². The topological polar surface area (TPSA) is 39.1 Å². The fourth-order valence-corrected chi connectivity index (χ4v) is 3.71. The van der Waals surface area contributed by atoms with Crippen LogP contribution < -0.4 is 10.1 Å². The molecule has 1 aromatic carbocycles. The van der Waals surface area contributed by atoms with Gasteiger partial charge in [-0.05, 0) is 24.5 Å². The van der Waals surface area contributed by atoms with Gasteiger partial charge >= 0.3 is 0 Å². The molecule has 1 aliphatic rings. The van der Waals surface area contributed by atoms with Crippen LogP contribution >= 0.6 is 0 Å². The highest BCUT2D eigenvalue weighted by atomic mass is 16.5. The molecule has 2 aromatic rings. The molecule has 3 rings (SSSR count). The largest absolute Gasteiger partial charge is 0.494 e. The zero-order valence-corrected chi connectivity index (χ0v) is 16.1. The van der Waals surface area contributed by atoms with Crippen molar-refractivity contribution in [2.24, 2.45) is 0 Å². The van der Waals surface area contributed by atoms with Gasteiger partial charge in [0.15, 0.2) is 0 Å². The van der Waals surface area contributed by atoms with Gasteiger partial charge in [0.1, 0.15) is 5.75 Å². The van der Waals surface area contributed by atoms with Gasteiger partial charge < -0.3 is 14.6 Å². The fourth-order valence-electron chi connectivity index (χ4n) is 3.71. The molecule has 4 nitrogen and oxygen atoms in total. The van der Waals surface area contributed by atoms with Gasteiger partial charge in [-0.2, -0.15) is 0 Å². The third kappa shape index (κ3) is 5.52. The van der Waals surface area contributed by atoms with Gasteiger partial charge in [-0.25, -0.2) is 4.98 Å². The number of imidazole rings is 1. The number of aromatic nitrogens is 2. The Kier molecular flexibility index (Phi) is 7.41. The summed E-state index contributed by atoms with van der Waals surface area (Å²) in [6.45, 7) is 5.13. The molecule has 0 saturated heterocycles. The van der Waals surface area contributed by atoms with Crippen LogP contribution in [-0.2, 0) is 6.54 Å². The average molecular weight is 356 g/mol. The number of rotatable bonds is 12. The van der Waals surface area contributed by atoms with Crippen LogP contribution in [0.3, 0.4) is 0 Å². The van der Waals surface area contributed by atoms with Gasteiger partial charge in [0.2, 0.25) is 0 Å². The SMILES string of the molecule is CCCCCCCCCOc1ccc2c(c1)NCC2CCn1ccnc1. The van der Waals surface area contributed by atoms with Crippen molar-refractivity contribution < 1.29 is 4.74 Å². The van der Waals surface area contributed by atoms with Crippen molar-refractivity contribution in [2.75, 3.05) is 18.5 Å². The van der Waals surface area contributed by atoms with E-state index >= 15 is 0 Å². The van der Waals surface area contributed by atoms with E-state index in [2.05, 4.69) is 40.0 Å². The number of benzene rings is 1. The molecule has 142 valence electrons. The summed E-state index contributed by atoms with van der Waals surface area (Å²) in [4.78, 5) is 4.11. The molecule has 1 unspecified atom stereocenters. The molecule has 4 heteroatoms. The van der Waals surface area contributed by atoms with E-state index in [1.165, 1.54) is 49.8 Å². The summed E-state index contributed by atoms with van der Waals surface area (Å²) in [5.74, 6) is 1.57. The second kappa shape index (κ2) is 10.2. The van der Waals surface area contributed by atoms with Gasteiger partial charge in [-0.1, -0.05) is 51.5 Å². The Hall–Kier alpha value is -1.97. The highest BCUT2D eigenvalue weighted by Gasteiger charge is 2.22. The Morgan fingerprint density at radius 2 is 2.00 bits per heavy atom. The van der Waals surface area contributed by atoms with Crippen LogP contribution in [0.4, 0.5) is 5.69 Å². The lowest BCUT2D eigenvalue weighted by molar-refractivity contribution is 0.304. The zero-order valence-electron chi connectivity index (χ0n) is 16.1. The van der Waals surface area contributed by atoms with Crippen LogP contribution in [0.15, 0.2) is 36.9 Å². The van der Waals surface area contributed by atoms with Crippen LogP contribution in [-0.4, -0.2) is 22.7 Å². The molecule has 0 radical (unpaired) electrons. The van der Waals surface area contributed by atoms with Crippen LogP contribution in [0.25, 0.3) is 0 Å². The van der Waals surface area contributed by atoms with Gasteiger partial charge in [0, 0.05) is 43.2 Å². The standard InChI is InChI=1S/C22H33N3O/c1-2-3-4-5-6-7-8-15-26-20-9-10-21-19(17-24-22(21)16-20)11-13-25-14-12-23-18-25/h9-10,12,14,16,18-19,24H,2-8,11,13,15,17H2,1H3. The lowest BCUT2D eigenvalue weighted by Gasteiger charge is -2.11. The van der Waals surface area contributed by atoms with E-state index in [1.807, 2.05) is 18.7 Å². The number of ether oxygens (including phenoxy) is 1. The zero-order chi connectivity index (χ0) is 18.0. The van der Waals surface area contributed by atoms with Gasteiger partial charge in [-0.15, -0.1) is 0 Å². The molecule has 0 bridgehead atoms. The molecule has 0 amide bonds. The Balaban J connectivity index is 1.37. The summed E-state index contributed by atoms with van der Waals surface area (Å²) in [6.07, 6.45) is 16.1. The third-order valence-electron chi connectivity index (χ3n) is 5.32. The van der Waals surface area contributed by atoms with Crippen LogP contribution in [0.2, 0.25) is 0 Å². The normalized spacial score (nSPS) is 15.7. The lowest BCUT2D eigenvalue weighted by atomic mass is 9.98. The number of unbranched alkanes of at least 4 members (excludes halogenated alkanes) is 6. The molecule has 1 aliphatic heterocycles. The van der Waals surface area contributed by atoms with Crippen molar-refractivity contribution in [1.82, 2.24) is 9.55 Å². The predicted octanol–water partition coefficient (Wildman–Crippen LogP) is 5.61. The molecule has 1 N–H and O–H groups in total. The summed E-state index contributed by atoms with van der Waals surface area (Å²) in [5.41, 5.74) is 2.67. The van der Waals surface area contributed by atoms with Gasteiger partial charge in [-0.3, -0.25) is 0 Å². The van der Waals surface area contributed by atoms with E-state index in [1.54, 1.807) is 0 Å². The van der Waals surface area contributed by atoms with Crippen molar-refractivity contribution in [3.8, 4) is 5.75 Å². The minimum Gasteiger partial charge on any atom is -0.494 e. The molecular weight excluding hydrogens is 322 g/mol. The van der Waals surface area contributed by atoms with Gasteiger partial charge in [0.25, 0.3) is 0 Å². The second-order valence-corrected chi connectivity index (χ2v) is 7.39. The molecule has 0 fully saturated rings. The molecule has 1 aromatic heterocycles. The first-order valence-electron chi connectivity index (χ1n) is 10.3. The first-order valence-corrected chi connectivity index (χ1v) is 10.3. The minimum atomic E-state index is 0.574. The average Bonchev–Trinajstić information content (AvgIpc) is 3.31. The van der Waals surface area contributed by atoms with Crippen molar-refractivity contribution in [1.29, 1.82) is 0 Å². The van der Waals surface area contributed by atoms with Gasteiger partial charge in [0.05, 0.1) is 12.9 Å². The summed E-state index contributed by atoms with van der Waals surface area (Å²) >= 11 is 0. The van der Waals surface area contributed by atoms with Crippen molar-refractivity contribution in [3.05, 3.63) is 42.5 Å².